The Hall–Kier alpha value is -2.17. The first kappa shape index (κ1) is 15.4. The highest BCUT2D eigenvalue weighted by Crippen LogP contribution is 2.42. The van der Waals surface area contributed by atoms with Crippen molar-refractivity contribution in [2.75, 3.05) is 13.1 Å². The number of carbonyl (C=O) groups is 1. The molecule has 1 spiro atoms. The quantitative estimate of drug-likeness (QED) is 0.810. The van der Waals surface area contributed by atoms with Gasteiger partial charge in [0.15, 0.2) is 0 Å². The van der Waals surface area contributed by atoms with Crippen molar-refractivity contribution in [3.8, 4) is 0 Å². The molecule has 0 aromatic carbocycles. The van der Waals surface area contributed by atoms with Crippen molar-refractivity contribution in [2.24, 2.45) is 5.41 Å². The first-order chi connectivity index (χ1) is 11.7. The molecule has 2 aromatic heterocycles. The van der Waals surface area contributed by atoms with E-state index >= 15 is 0 Å². The van der Waals surface area contributed by atoms with Crippen molar-refractivity contribution in [1.82, 2.24) is 14.3 Å². The minimum absolute atomic E-state index is 0.160. The summed E-state index contributed by atoms with van der Waals surface area (Å²) in [6.07, 6.45) is 11.8. The summed E-state index contributed by atoms with van der Waals surface area (Å²) in [6, 6.07) is 5.38. The van der Waals surface area contributed by atoms with E-state index in [2.05, 4.69) is 4.98 Å². The minimum atomic E-state index is -0.271. The molecule has 2 aliphatic rings. The maximum Gasteiger partial charge on any atom is 0.270 e. The molecule has 5 heteroatoms. The number of amides is 1. The van der Waals surface area contributed by atoms with Gasteiger partial charge in [0.2, 0.25) is 0 Å². The van der Waals surface area contributed by atoms with E-state index in [1.165, 1.54) is 49.1 Å². The Morgan fingerprint density at radius 3 is 2.67 bits per heavy atom. The number of hydrogen-bond donors (Lipinski definition) is 0. The van der Waals surface area contributed by atoms with Crippen molar-refractivity contribution in [3.63, 3.8) is 0 Å². The summed E-state index contributed by atoms with van der Waals surface area (Å²) in [5.41, 5.74) is 0.768. The van der Waals surface area contributed by atoms with E-state index in [1.54, 1.807) is 18.3 Å². The number of pyridine rings is 1. The molecule has 0 unspecified atom stereocenters. The van der Waals surface area contributed by atoms with E-state index in [9.17, 15) is 9.59 Å². The van der Waals surface area contributed by atoms with Crippen LogP contribution in [-0.4, -0.2) is 33.3 Å². The average Bonchev–Trinajstić information content (AvgIpc) is 2.88. The molecule has 4 rings (SSSR count). The Labute approximate surface area is 141 Å². The van der Waals surface area contributed by atoms with Gasteiger partial charge >= 0.3 is 0 Å². The lowest BCUT2D eigenvalue weighted by molar-refractivity contribution is 0.0765. The molecule has 0 bridgehead atoms. The SMILES string of the molecule is O=C(c1cnc2ccccn2c1=O)N1CCC2(CCCCCC2)C1. The second kappa shape index (κ2) is 6.04. The fourth-order valence-corrected chi connectivity index (χ4v) is 4.34. The van der Waals surface area contributed by atoms with Crippen LogP contribution in [0.1, 0.15) is 55.3 Å². The highest BCUT2D eigenvalue weighted by Gasteiger charge is 2.40. The van der Waals surface area contributed by atoms with E-state index in [0.29, 0.717) is 5.65 Å². The standard InChI is InChI=1S/C19H23N3O2/c23-17(15-13-20-16-7-3-6-11-22(16)18(15)24)21-12-10-19(14-21)8-4-1-2-5-9-19/h3,6-7,11,13H,1-2,4-5,8-10,12,14H2. The summed E-state index contributed by atoms with van der Waals surface area (Å²) in [7, 11) is 0. The lowest BCUT2D eigenvalue weighted by Crippen LogP contribution is -2.36. The molecule has 1 saturated carbocycles. The Morgan fingerprint density at radius 2 is 1.88 bits per heavy atom. The molecule has 1 aliphatic carbocycles. The zero-order valence-electron chi connectivity index (χ0n) is 13.9. The smallest absolute Gasteiger partial charge is 0.270 e. The third-order valence-corrected chi connectivity index (χ3v) is 5.73. The molecule has 24 heavy (non-hydrogen) atoms. The molecule has 1 saturated heterocycles. The second-order valence-electron chi connectivity index (χ2n) is 7.30. The van der Waals surface area contributed by atoms with Gasteiger partial charge in [-0.1, -0.05) is 31.7 Å². The fourth-order valence-electron chi connectivity index (χ4n) is 4.34. The monoisotopic (exact) mass is 325 g/mol. The van der Waals surface area contributed by atoms with Crippen molar-refractivity contribution in [1.29, 1.82) is 0 Å². The summed E-state index contributed by atoms with van der Waals surface area (Å²) in [4.78, 5) is 31.7. The predicted molar refractivity (Wildman–Crippen MR) is 92.1 cm³/mol. The van der Waals surface area contributed by atoms with Gasteiger partial charge in [-0.05, 0) is 36.8 Å². The van der Waals surface area contributed by atoms with E-state index < -0.39 is 0 Å². The molecule has 3 heterocycles. The number of hydrogen-bond acceptors (Lipinski definition) is 3. The van der Waals surface area contributed by atoms with Crippen LogP contribution in [0.2, 0.25) is 0 Å². The maximum absolute atomic E-state index is 12.9. The van der Waals surface area contributed by atoms with Crippen molar-refractivity contribution in [2.45, 2.75) is 44.9 Å². The lowest BCUT2D eigenvalue weighted by Gasteiger charge is -2.27. The van der Waals surface area contributed by atoms with Crippen LogP contribution in [0.4, 0.5) is 0 Å². The molecule has 2 fully saturated rings. The summed E-state index contributed by atoms with van der Waals surface area (Å²) < 4.78 is 1.45. The highest BCUT2D eigenvalue weighted by atomic mass is 16.2. The maximum atomic E-state index is 12.9. The minimum Gasteiger partial charge on any atom is -0.338 e. The molecule has 0 N–H and O–H groups in total. The van der Waals surface area contributed by atoms with E-state index in [1.807, 2.05) is 11.0 Å². The van der Waals surface area contributed by atoms with Crippen LogP contribution in [0.15, 0.2) is 35.4 Å². The fraction of sp³-hybridized carbons (Fsp3) is 0.526. The zero-order valence-corrected chi connectivity index (χ0v) is 13.9. The number of nitrogens with zero attached hydrogens (tertiary/aromatic N) is 3. The lowest BCUT2D eigenvalue weighted by atomic mass is 9.80. The Kier molecular flexibility index (Phi) is 3.87. The number of rotatable bonds is 1. The predicted octanol–water partition coefficient (Wildman–Crippen LogP) is 2.88. The van der Waals surface area contributed by atoms with Gasteiger partial charge in [-0.3, -0.25) is 14.0 Å². The summed E-state index contributed by atoms with van der Waals surface area (Å²) >= 11 is 0. The van der Waals surface area contributed by atoms with Crippen LogP contribution < -0.4 is 5.56 Å². The van der Waals surface area contributed by atoms with Crippen LogP contribution in [0, 0.1) is 5.41 Å². The molecule has 0 atom stereocenters. The normalized spacial score (nSPS) is 20.4. The summed E-state index contributed by atoms with van der Waals surface area (Å²) in [5, 5.41) is 0. The van der Waals surface area contributed by atoms with Gasteiger partial charge < -0.3 is 4.90 Å². The summed E-state index contributed by atoms with van der Waals surface area (Å²) in [5.74, 6) is -0.160. The van der Waals surface area contributed by atoms with Gasteiger partial charge in [0.25, 0.3) is 11.5 Å². The third kappa shape index (κ3) is 2.62. The largest absolute Gasteiger partial charge is 0.338 e. The molecule has 126 valence electrons. The molecular formula is C19H23N3O2. The number of aromatic nitrogens is 2. The van der Waals surface area contributed by atoms with Gasteiger partial charge in [-0.25, -0.2) is 4.98 Å². The first-order valence-electron chi connectivity index (χ1n) is 8.94. The second-order valence-corrected chi connectivity index (χ2v) is 7.30. The first-order valence-corrected chi connectivity index (χ1v) is 8.94. The average molecular weight is 325 g/mol. The van der Waals surface area contributed by atoms with Gasteiger partial charge in [0.1, 0.15) is 11.2 Å². The number of fused-ring (bicyclic) bond motifs is 1. The van der Waals surface area contributed by atoms with E-state index in [4.69, 9.17) is 0 Å². The highest BCUT2D eigenvalue weighted by molar-refractivity contribution is 5.94. The molecule has 1 amide bonds. The molecule has 0 radical (unpaired) electrons. The Bertz CT molecular complexity index is 819. The topological polar surface area (TPSA) is 54.7 Å². The Morgan fingerprint density at radius 1 is 1.08 bits per heavy atom. The van der Waals surface area contributed by atoms with Gasteiger partial charge in [-0.15, -0.1) is 0 Å². The van der Waals surface area contributed by atoms with Crippen LogP contribution in [0.3, 0.4) is 0 Å². The molecule has 1 aliphatic heterocycles. The van der Waals surface area contributed by atoms with Crippen molar-refractivity contribution < 1.29 is 4.79 Å². The van der Waals surface area contributed by atoms with Crippen LogP contribution >= 0.6 is 0 Å². The van der Waals surface area contributed by atoms with E-state index in [-0.39, 0.29) is 22.4 Å². The van der Waals surface area contributed by atoms with Gasteiger partial charge in [0.05, 0.1) is 0 Å². The van der Waals surface area contributed by atoms with E-state index in [0.717, 1.165) is 19.5 Å². The molecule has 5 nitrogen and oxygen atoms in total. The third-order valence-electron chi connectivity index (χ3n) is 5.73. The van der Waals surface area contributed by atoms with Crippen LogP contribution in [0.5, 0.6) is 0 Å². The summed E-state index contributed by atoms with van der Waals surface area (Å²) in [6.45, 7) is 1.55. The van der Waals surface area contributed by atoms with Gasteiger partial charge in [-0.2, -0.15) is 0 Å². The number of likely N-dealkylation sites (tertiary alicyclic amines) is 1. The van der Waals surface area contributed by atoms with Crippen LogP contribution in [0.25, 0.3) is 5.65 Å². The molecular weight excluding hydrogens is 302 g/mol. The van der Waals surface area contributed by atoms with Crippen molar-refractivity contribution in [3.05, 3.63) is 46.5 Å². The number of carbonyl (C=O) groups excluding carboxylic acids is 1. The van der Waals surface area contributed by atoms with Gasteiger partial charge in [0, 0.05) is 25.5 Å². The Balaban J connectivity index is 1.61. The van der Waals surface area contributed by atoms with Crippen LogP contribution in [-0.2, 0) is 0 Å². The zero-order chi connectivity index (χ0) is 16.6. The van der Waals surface area contributed by atoms with Crippen molar-refractivity contribution >= 4 is 11.6 Å². The molecule has 2 aromatic rings.